The quantitative estimate of drug-likeness (QED) is 0.333. The Morgan fingerprint density at radius 1 is 1.13 bits per heavy atom. The van der Waals surface area contributed by atoms with Crippen LogP contribution in [0, 0.1) is 0 Å². The van der Waals surface area contributed by atoms with Crippen molar-refractivity contribution < 1.29 is 22.7 Å². The molecule has 1 N–H and O–H groups in total. The molecule has 0 heterocycles. The molecule has 0 bridgehead atoms. The van der Waals surface area contributed by atoms with Gasteiger partial charge < -0.3 is 15.0 Å². The summed E-state index contributed by atoms with van der Waals surface area (Å²) in [5.74, 6) is -0.0432. The van der Waals surface area contributed by atoms with Crippen LogP contribution in [0.3, 0.4) is 0 Å². The zero-order valence-electron chi connectivity index (χ0n) is 22.7. The van der Waals surface area contributed by atoms with Crippen molar-refractivity contribution in [2.45, 2.75) is 71.0 Å². The lowest BCUT2D eigenvalue weighted by molar-refractivity contribution is -0.140. The van der Waals surface area contributed by atoms with Crippen LogP contribution in [0.4, 0.5) is 5.69 Å². The summed E-state index contributed by atoms with van der Waals surface area (Å²) in [6.07, 6.45) is 5.42. The first kappa shape index (κ1) is 31.0. The largest absolute Gasteiger partial charge is 0.492 e. The molecule has 0 aliphatic heterocycles. The van der Waals surface area contributed by atoms with E-state index in [4.69, 9.17) is 27.9 Å². The Labute approximate surface area is 241 Å². The van der Waals surface area contributed by atoms with Gasteiger partial charge in [0.2, 0.25) is 21.8 Å². The highest BCUT2D eigenvalue weighted by molar-refractivity contribution is 7.92. The lowest BCUT2D eigenvalue weighted by Gasteiger charge is -2.30. The van der Waals surface area contributed by atoms with Gasteiger partial charge in [-0.25, -0.2) is 8.42 Å². The molecule has 0 saturated heterocycles. The fourth-order valence-corrected chi connectivity index (χ4v) is 6.17. The number of nitrogens with zero attached hydrogens (tertiary/aromatic N) is 2. The zero-order chi connectivity index (χ0) is 28.6. The van der Waals surface area contributed by atoms with E-state index in [9.17, 15) is 18.0 Å². The van der Waals surface area contributed by atoms with Crippen molar-refractivity contribution in [1.82, 2.24) is 10.2 Å². The molecule has 1 aliphatic carbocycles. The van der Waals surface area contributed by atoms with Crippen molar-refractivity contribution in [3.8, 4) is 5.75 Å². The van der Waals surface area contributed by atoms with Gasteiger partial charge in [-0.05, 0) is 62.9 Å². The number of hydrogen-bond donors (Lipinski definition) is 1. The number of anilines is 1. The van der Waals surface area contributed by atoms with E-state index in [0.29, 0.717) is 33.7 Å². The predicted molar refractivity (Wildman–Crippen MR) is 156 cm³/mol. The third-order valence-electron chi connectivity index (χ3n) is 6.81. The Hall–Kier alpha value is -2.49. The fourth-order valence-electron chi connectivity index (χ4n) is 4.73. The molecule has 2 amide bonds. The van der Waals surface area contributed by atoms with E-state index >= 15 is 0 Å². The first-order valence-corrected chi connectivity index (χ1v) is 15.8. The average Bonchev–Trinajstić information content (AvgIpc) is 3.39. The summed E-state index contributed by atoms with van der Waals surface area (Å²) in [4.78, 5) is 28.1. The van der Waals surface area contributed by atoms with E-state index in [2.05, 4.69) is 5.32 Å². The Morgan fingerprint density at radius 2 is 1.82 bits per heavy atom. The van der Waals surface area contributed by atoms with Crippen LogP contribution in [-0.2, 0) is 26.2 Å². The summed E-state index contributed by atoms with van der Waals surface area (Å²) < 4.78 is 32.2. The molecule has 1 aliphatic rings. The van der Waals surface area contributed by atoms with E-state index in [1.807, 2.05) is 6.92 Å². The fraction of sp³-hybridized carbons (Fsp3) is 0.500. The third kappa shape index (κ3) is 8.75. The second-order valence-electron chi connectivity index (χ2n) is 9.76. The summed E-state index contributed by atoms with van der Waals surface area (Å²) in [5, 5.41) is 3.95. The van der Waals surface area contributed by atoms with Gasteiger partial charge in [0.1, 0.15) is 11.8 Å². The number of ether oxygens (including phenoxy) is 1. The number of sulfonamides is 1. The Balaban J connectivity index is 1.77. The van der Waals surface area contributed by atoms with Crippen molar-refractivity contribution in [1.29, 1.82) is 0 Å². The maximum Gasteiger partial charge on any atom is 0.242 e. The molecule has 0 radical (unpaired) electrons. The Bertz CT molecular complexity index is 1250. The smallest absolute Gasteiger partial charge is 0.242 e. The van der Waals surface area contributed by atoms with Gasteiger partial charge in [0.15, 0.2) is 0 Å². The average molecular weight is 599 g/mol. The second kappa shape index (κ2) is 14.2. The molecule has 11 heteroatoms. The standard InChI is InChI=1S/C28H37Cl2N3O5S/c1-4-38-26-13-8-7-12-25(26)33(39(3,36)37)17-9-14-27(34)32(19-21-15-16-22(29)18-24(21)30)20(2)28(35)31-23-10-5-6-11-23/h7-8,12-13,15-16,18,20,23H,4-6,9-11,14,17,19H2,1-3H3,(H,31,35). The minimum absolute atomic E-state index is 0.0368. The molecular weight excluding hydrogens is 561 g/mol. The molecule has 0 spiro atoms. The van der Waals surface area contributed by atoms with E-state index < -0.39 is 16.1 Å². The normalized spacial score (nSPS) is 14.6. The predicted octanol–water partition coefficient (Wildman–Crippen LogP) is 5.41. The number of para-hydroxylation sites is 2. The van der Waals surface area contributed by atoms with E-state index in [1.165, 1.54) is 9.21 Å². The SMILES string of the molecule is CCOc1ccccc1N(CCCC(=O)N(Cc1ccc(Cl)cc1Cl)C(C)C(=O)NC1CCCC1)S(C)(=O)=O. The van der Waals surface area contributed by atoms with Crippen LogP contribution in [0.1, 0.15) is 57.9 Å². The van der Waals surface area contributed by atoms with Gasteiger partial charge in [-0.3, -0.25) is 13.9 Å². The van der Waals surface area contributed by atoms with E-state index in [0.717, 1.165) is 31.9 Å². The minimum atomic E-state index is -3.64. The lowest BCUT2D eigenvalue weighted by atomic mass is 10.1. The summed E-state index contributed by atoms with van der Waals surface area (Å²) in [7, 11) is -3.64. The highest BCUT2D eigenvalue weighted by Crippen LogP contribution is 2.30. The molecule has 8 nitrogen and oxygen atoms in total. The van der Waals surface area contributed by atoms with Crippen LogP contribution >= 0.6 is 23.2 Å². The highest BCUT2D eigenvalue weighted by Gasteiger charge is 2.29. The van der Waals surface area contributed by atoms with Gasteiger partial charge in [0.05, 0.1) is 18.6 Å². The van der Waals surface area contributed by atoms with Gasteiger partial charge in [0, 0.05) is 35.6 Å². The number of amides is 2. The third-order valence-corrected chi connectivity index (χ3v) is 8.58. The second-order valence-corrected chi connectivity index (χ2v) is 12.5. The topological polar surface area (TPSA) is 96.0 Å². The molecule has 3 rings (SSSR count). The molecule has 1 atom stereocenters. The Kier molecular flexibility index (Phi) is 11.3. The van der Waals surface area contributed by atoms with Gasteiger partial charge in [-0.1, -0.05) is 54.2 Å². The molecular formula is C28H37Cl2N3O5S. The molecule has 0 aromatic heterocycles. The van der Waals surface area contributed by atoms with Gasteiger partial charge >= 0.3 is 0 Å². The number of hydrogen-bond acceptors (Lipinski definition) is 5. The summed E-state index contributed by atoms with van der Waals surface area (Å²) in [6.45, 7) is 4.11. The van der Waals surface area contributed by atoms with Gasteiger partial charge in [-0.2, -0.15) is 0 Å². The van der Waals surface area contributed by atoms with Crippen LogP contribution < -0.4 is 14.4 Å². The van der Waals surface area contributed by atoms with E-state index in [-0.39, 0.29) is 43.8 Å². The number of nitrogens with one attached hydrogen (secondary N) is 1. The molecule has 2 aromatic rings. The van der Waals surface area contributed by atoms with Crippen molar-refractivity contribution >= 4 is 50.7 Å². The van der Waals surface area contributed by atoms with Crippen molar-refractivity contribution in [2.24, 2.45) is 0 Å². The van der Waals surface area contributed by atoms with Crippen LogP contribution in [0.25, 0.3) is 0 Å². The zero-order valence-corrected chi connectivity index (χ0v) is 25.0. The van der Waals surface area contributed by atoms with Crippen LogP contribution in [0.5, 0.6) is 5.75 Å². The molecule has 1 unspecified atom stereocenters. The summed E-state index contributed by atoms with van der Waals surface area (Å²) in [5.41, 5.74) is 1.08. The highest BCUT2D eigenvalue weighted by atomic mass is 35.5. The summed E-state index contributed by atoms with van der Waals surface area (Å²) in [6, 6.07) is 11.3. The van der Waals surface area contributed by atoms with Crippen LogP contribution in [-0.4, -0.2) is 56.6 Å². The maximum atomic E-state index is 13.5. The number of carbonyl (C=O) groups excluding carboxylic acids is 2. The number of carbonyl (C=O) groups is 2. The van der Waals surface area contributed by atoms with Crippen molar-refractivity contribution in [2.75, 3.05) is 23.7 Å². The lowest BCUT2D eigenvalue weighted by Crippen LogP contribution is -2.49. The van der Waals surface area contributed by atoms with Crippen molar-refractivity contribution in [3.05, 3.63) is 58.1 Å². The molecule has 214 valence electrons. The first-order chi connectivity index (χ1) is 18.5. The molecule has 1 saturated carbocycles. The maximum absolute atomic E-state index is 13.5. The number of benzene rings is 2. The number of rotatable bonds is 13. The van der Waals surface area contributed by atoms with Gasteiger partial charge in [0.25, 0.3) is 0 Å². The Morgan fingerprint density at radius 3 is 2.46 bits per heavy atom. The van der Waals surface area contributed by atoms with Crippen LogP contribution in [0.15, 0.2) is 42.5 Å². The molecule has 2 aromatic carbocycles. The van der Waals surface area contributed by atoms with Crippen LogP contribution in [0.2, 0.25) is 10.0 Å². The minimum Gasteiger partial charge on any atom is -0.492 e. The molecule has 1 fully saturated rings. The monoisotopic (exact) mass is 597 g/mol. The first-order valence-electron chi connectivity index (χ1n) is 13.2. The van der Waals surface area contributed by atoms with Gasteiger partial charge in [-0.15, -0.1) is 0 Å². The van der Waals surface area contributed by atoms with E-state index in [1.54, 1.807) is 49.4 Å². The molecule has 39 heavy (non-hydrogen) atoms. The summed E-state index contributed by atoms with van der Waals surface area (Å²) >= 11 is 12.4. The number of halogens is 2. The van der Waals surface area contributed by atoms with Crippen molar-refractivity contribution in [3.63, 3.8) is 0 Å².